The number of carbonyl (C=O) groups excluding carboxylic acids is 2. The van der Waals surface area contributed by atoms with Crippen LogP contribution in [0, 0.1) is 0 Å². The molecule has 1 atom stereocenters. The molecule has 1 aromatic heterocycles. The minimum absolute atomic E-state index is 0.118. The van der Waals surface area contributed by atoms with Crippen molar-refractivity contribution in [3.63, 3.8) is 0 Å². The summed E-state index contributed by atoms with van der Waals surface area (Å²) in [5, 5.41) is 13.9. The second-order valence-corrected chi connectivity index (χ2v) is 6.57. The summed E-state index contributed by atoms with van der Waals surface area (Å²) in [4.78, 5) is 43.8. The molecule has 30 heavy (non-hydrogen) atoms. The molecule has 0 saturated carbocycles. The van der Waals surface area contributed by atoms with E-state index in [-0.39, 0.29) is 22.8 Å². The molecule has 1 heterocycles. The monoisotopic (exact) mass is 428 g/mol. The first kappa shape index (κ1) is 21.0. The van der Waals surface area contributed by atoms with Crippen molar-refractivity contribution in [2.45, 2.75) is 19.4 Å². The normalized spacial score (nSPS) is 11.5. The third-order valence-electron chi connectivity index (χ3n) is 4.06. The van der Waals surface area contributed by atoms with Gasteiger partial charge in [-0.05, 0) is 42.8 Å². The second-order valence-electron chi connectivity index (χ2n) is 6.17. The smallest absolute Gasteiger partial charge is 0.344 e. The lowest BCUT2D eigenvalue weighted by molar-refractivity contribution is -0.145. The van der Waals surface area contributed by atoms with Crippen LogP contribution in [0.3, 0.4) is 0 Å². The van der Waals surface area contributed by atoms with E-state index in [9.17, 15) is 14.4 Å². The summed E-state index contributed by atoms with van der Waals surface area (Å²) in [7, 11) is 0. The van der Waals surface area contributed by atoms with E-state index in [1.165, 1.54) is 36.5 Å². The van der Waals surface area contributed by atoms with Crippen LogP contribution in [-0.4, -0.2) is 39.1 Å². The van der Waals surface area contributed by atoms with Gasteiger partial charge in [0.1, 0.15) is 5.75 Å². The van der Waals surface area contributed by atoms with Crippen LogP contribution in [0.4, 0.5) is 10.5 Å². The molecule has 3 aromatic rings. The molecule has 0 saturated heterocycles. The maximum Gasteiger partial charge on any atom is 0.344 e. The Kier molecular flexibility index (Phi) is 6.43. The van der Waals surface area contributed by atoms with Gasteiger partial charge >= 0.3 is 12.0 Å². The highest BCUT2D eigenvalue weighted by atomic mass is 35.5. The molecule has 0 radical (unpaired) electrons. The summed E-state index contributed by atoms with van der Waals surface area (Å²) in [6, 6.07) is 8.24. The molecule has 10 heteroatoms. The standard InChI is InChI=1S/C20H17ClN4O5/c1-2-16(19(27)28)30-17-6-4-12(10-13(17)21)24-20(29)25-18(26)11-3-5-14-15(9-11)23-8-7-22-14/h3-10,16H,2H2,1H3,(H,27,28)(H2,24,25,26,29). The van der Waals surface area contributed by atoms with Gasteiger partial charge in [-0.15, -0.1) is 0 Å². The topological polar surface area (TPSA) is 131 Å². The van der Waals surface area contributed by atoms with Crippen molar-refractivity contribution in [1.29, 1.82) is 0 Å². The van der Waals surface area contributed by atoms with E-state index < -0.39 is 24.0 Å². The largest absolute Gasteiger partial charge is 0.479 e. The molecule has 9 nitrogen and oxygen atoms in total. The number of benzene rings is 2. The number of carboxylic acids is 1. The average Bonchev–Trinajstić information content (AvgIpc) is 2.72. The molecule has 154 valence electrons. The van der Waals surface area contributed by atoms with Crippen LogP contribution in [0.15, 0.2) is 48.8 Å². The average molecular weight is 429 g/mol. The molecule has 0 aliphatic rings. The van der Waals surface area contributed by atoms with E-state index in [4.69, 9.17) is 21.4 Å². The Morgan fingerprint density at radius 1 is 1.10 bits per heavy atom. The van der Waals surface area contributed by atoms with Crippen LogP contribution in [0.25, 0.3) is 11.0 Å². The summed E-state index contributed by atoms with van der Waals surface area (Å²) < 4.78 is 5.35. The number of hydrogen-bond donors (Lipinski definition) is 3. The molecule has 0 fully saturated rings. The van der Waals surface area contributed by atoms with Crippen molar-refractivity contribution >= 4 is 46.2 Å². The van der Waals surface area contributed by atoms with Crippen molar-refractivity contribution in [2.75, 3.05) is 5.32 Å². The number of amides is 3. The Morgan fingerprint density at radius 3 is 2.50 bits per heavy atom. The van der Waals surface area contributed by atoms with Crippen LogP contribution in [0.1, 0.15) is 23.7 Å². The Bertz CT molecular complexity index is 1120. The van der Waals surface area contributed by atoms with Gasteiger partial charge in [0.25, 0.3) is 5.91 Å². The molecular weight excluding hydrogens is 412 g/mol. The van der Waals surface area contributed by atoms with E-state index >= 15 is 0 Å². The zero-order chi connectivity index (χ0) is 21.7. The maximum atomic E-state index is 12.3. The van der Waals surface area contributed by atoms with Crippen molar-refractivity contribution < 1.29 is 24.2 Å². The lowest BCUT2D eigenvalue weighted by atomic mass is 10.2. The number of nitrogens with one attached hydrogen (secondary N) is 2. The highest BCUT2D eigenvalue weighted by Gasteiger charge is 2.18. The first-order chi connectivity index (χ1) is 14.4. The van der Waals surface area contributed by atoms with E-state index in [2.05, 4.69) is 20.6 Å². The second kappa shape index (κ2) is 9.19. The van der Waals surface area contributed by atoms with E-state index in [0.29, 0.717) is 16.7 Å². The summed E-state index contributed by atoms with van der Waals surface area (Å²) in [5.74, 6) is -1.54. The molecule has 3 N–H and O–H groups in total. The van der Waals surface area contributed by atoms with Crippen LogP contribution < -0.4 is 15.4 Å². The fourth-order valence-corrected chi connectivity index (χ4v) is 2.80. The third kappa shape index (κ3) is 5.00. The van der Waals surface area contributed by atoms with Gasteiger partial charge in [-0.25, -0.2) is 9.59 Å². The predicted molar refractivity (Wildman–Crippen MR) is 110 cm³/mol. The summed E-state index contributed by atoms with van der Waals surface area (Å²) >= 11 is 6.11. The van der Waals surface area contributed by atoms with Crippen LogP contribution >= 0.6 is 11.6 Å². The summed E-state index contributed by atoms with van der Waals surface area (Å²) in [6.45, 7) is 1.67. The number of carboxylic acid groups (broad SMARTS) is 1. The maximum absolute atomic E-state index is 12.3. The minimum Gasteiger partial charge on any atom is -0.479 e. The van der Waals surface area contributed by atoms with Crippen molar-refractivity contribution in [3.05, 3.63) is 59.4 Å². The molecular formula is C20H17ClN4O5. The lowest BCUT2D eigenvalue weighted by Crippen LogP contribution is -2.34. The number of imide groups is 1. The number of nitrogens with zero attached hydrogens (tertiary/aromatic N) is 2. The SMILES string of the molecule is CCC(Oc1ccc(NC(=O)NC(=O)c2ccc3nccnc3c2)cc1Cl)C(=O)O. The molecule has 3 amide bonds. The van der Waals surface area contributed by atoms with Crippen LogP contribution in [0.2, 0.25) is 5.02 Å². The number of halogens is 1. The highest BCUT2D eigenvalue weighted by molar-refractivity contribution is 6.32. The van der Waals surface area contributed by atoms with Gasteiger partial charge in [-0.3, -0.25) is 20.1 Å². The molecule has 0 aliphatic heterocycles. The Labute approximate surface area is 176 Å². The molecule has 1 unspecified atom stereocenters. The van der Waals surface area contributed by atoms with Gasteiger partial charge in [-0.2, -0.15) is 0 Å². The number of fused-ring (bicyclic) bond motifs is 1. The van der Waals surface area contributed by atoms with Gasteiger partial charge in [0.15, 0.2) is 6.10 Å². The van der Waals surface area contributed by atoms with E-state index in [1.54, 1.807) is 19.2 Å². The highest BCUT2D eigenvalue weighted by Crippen LogP contribution is 2.29. The fraction of sp³-hybridized carbons (Fsp3) is 0.150. The van der Waals surface area contributed by atoms with Crippen molar-refractivity contribution in [1.82, 2.24) is 15.3 Å². The van der Waals surface area contributed by atoms with Gasteiger partial charge in [0.05, 0.1) is 16.1 Å². The lowest BCUT2D eigenvalue weighted by Gasteiger charge is -2.15. The zero-order valence-corrected chi connectivity index (χ0v) is 16.5. The quantitative estimate of drug-likeness (QED) is 0.547. The molecule has 0 bridgehead atoms. The fourth-order valence-electron chi connectivity index (χ4n) is 2.58. The van der Waals surface area contributed by atoms with Crippen LogP contribution in [0.5, 0.6) is 5.75 Å². The minimum atomic E-state index is -1.10. The molecule has 0 aliphatic carbocycles. The Balaban J connectivity index is 1.64. The van der Waals surface area contributed by atoms with Gasteiger partial charge in [0, 0.05) is 23.6 Å². The number of hydrogen-bond acceptors (Lipinski definition) is 6. The summed E-state index contributed by atoms with van der Waals surface area (Å²) in [6.07, 6.45) is 2.28. The van der Waals surface area contributed by atoms with E-state index in [1.807, 2.05) is 0 Å². The Hall–Kier alpha value is -3.72. The molecule has 2 aromatic carbocycles. The van der Waals surface area contributed by atoms with Gasteiger partial charge in [-0.1, -0.05) is 18.5 Å². The molecule has 3 rings (SSSR count). The van der Waals surface area contributed by atoms with Crippen molar-refractivity contribution in [3.8, 4) is 5.75 Å². The predicted octanol–water partition coefficient (Wildman–Crippen LogP) is 3.49. The number of aromatic nitrogens is 2. The van der Waals surface area contributed by atoms with E-state index in [0.717, 1.165) is 0 Å². The number of carbonyl (C=O) groups is 3. The van der Waals surface area contributed by atoms with Crippen LogP contribution in [-0.2, 0) is 4.79 Å². The number of rotatable bonds is 6. The first-order valence-electron chi connectivity index (χ1n) is 8.89. The van der Waals surface area contributed by atoms with Gasteiger partial charge < -0.3 is 15.2 Å². The molecule has 0 spiro atoms. The van der Waals surface area contributed by atoms with Crippen molar-refractivity contribution in [2.24, 2.45) is 0 Å². The first-order valence-corrected chi connectivity index (χ1v) is 9.27. The number of ether oxygens (including phenoxy) is 1. The number of aliphatic carboxylic acids is 1. The Morgan fingerprint density at radius 2 is 1.83 bits per heavy atom. The van der Waals surface area contributed by atoms with Gasteiger partial charge in [0.2, 0.25) is 0 Å². The summed E-state index contributed by atoms with van der Waals surface area (Å²) in [5.41, 5.74) is 1.70. The third-order valence-corrected chi connectivity index (χ3v) is 4.36. The zero-order valence-electron chi connectivity index (χ0n) is 15.8. The number of urea groups is 1. The number of anilines is 1.